The van der Waals surface area contributed by atoms with Crippen molar-refractivity contribution in [3.63, 3.8) is 0 Å². The highest BCUT2D eigenvalue weighted by Gasteiger charge is 2.07. The first kappa shape index (κ1) is 20.1. The third-order valence-electron chi connectivity index (χ3n) is 3.76. The van der Waals surface area contributed by atoms with Crippen LogP contribution in [0.4, 0.5) is 10.1 Å². The Labute approximate surface area is 158 Å². The zero-order valence-electron chi connectivity index (χ0n) is 15.2. The normalized spacial score (nSPS) is 10.4. The molecule has 0 saturated heterocycles. The maximum atomic E-state index is 13.7. The van der Waals surface area contributed by atoms with Gasteiger partial charge < -0.3 is 15.0 Å². The highest BCUT2D eigenvalue weighted by Crippen LogP contribution is 2.21. The molecule has 0 saturated carbocycles. The van der Waals surface area contributed by atoms with Gasteiger partial charge in [-0.15, -0.1) is 11.8 Å². The van der Waals surface area contributed by atoms with Crippen molar-refractivity contribution < 1.29 is 13.9 Å². The van der Waals surface area contributed by atoms with E-state index in [1.165, 1.54) is 17.8 Å². The number of carbonyl (C=O) groups excluding carboxylic acids is 1. The van der Waals surface area contributed by atoms with E-state index < -0.39 is 0 Å². The molecule has 1 amide bonds. The first-order valence-corrected chi connectivity index (χ1v) is 9.66. The molecule has 0 atom stereocenters. The fourth-order valence-electron chi connectivity index (χ4n) is 2.42. The lowest BCUT2D eigenvalue weighted by atomic mass is 10.2. The second-order valence-corrected chi connectivity index (χ2v) is 6.82. The van der Waals surface area contributed by atoms with E-state index >= 15 is 0 Å². The van der Waals surface area contributed by atoms with Crippen LogP contribution in [0.25, 0.3) is 0 Å². The minimum Gasteiger partial charge on any atom is -0.494 e. The number of rotatable bonds is 10. The maximum absolute atomic E-state index is 13.7. The number of thioether (sulfide) groups is 1. The zero-order valence-corrected chi connectivity index (χ0v) is 16.0. The predicted octanol–water partition coefficient (Wildman–Crippen LogP) is 3.96. The summed E-state index contributed by atoms with van der Waals surface area (Å²) in [5.74, 6) is 0.973. The number of para-hydroxylation sites is 1. The summed E-state index contributed by atoms with van der Waals surface area (Å²) in [6, 6.07) is 14.4. The largest absolute Gasteiger partial charge is 0.494 e. The van der Waals surface area contributed by atoms with Crippen LogP contribution in [-0.4, -0.2) is 38.4 Å². The molecule has 2 rings (SSSR count). The van der Waals surface area contributed by atoms with Gasteiger partial charge in [0.15, 0.2) is 0 Å². The number of hydrogen-bond acceptors (Lipinski definition) is 4. The number of nitrogens with zero attached hydrogens (tertiary/aromatic N) is 1. The van der Waals surface area contributed by atoms with Crippen molar-refractivity contribution in [2.24, 2.45) is 0 Å². The van der Waals surface area contributed by atoms with Gasteiger partial charge in [-0.2, -0.15) is 0 Å². The zero-order chi connectivity index (χ0) is 18.8. The summed E-state index contributed by atoms with van der Waals surface area (Å²) in [7, 11) is 1.85. The summed E-state index contributed by atoms with van der Waals surface area (Å²) in [6.45, 7) is 3.83. The van der Waals surface area contributed by atoms with Gasteiger partial charge in [-0.1, -0.05) is 12.1 Å². The molecule has 0 bridgehead atoms. The summed E-state index contributed by atoms with van der Waals surface area (Å²) >= 11 is 1.49. The number of halogens is 1. The van der Waals surface area contributed by atoms with Crippen LogP contribution in [-0.2, 0) is 4.79 Å². The van der Waals surface area contributed by atoms with Gasteiger partial charge in [0.1, 0.15) is 11.6 Å². The van der Waals surface area contributed by atoms with Gasteiger partial charge in [-0.3, -0.25) is 4.79 Å². The van der Waals surface area contributed by atoms with Crippen LogP contribution >= 0.6 is 11.8 Å². The third-order valence-corrected chi connectivity index (χ3v) is 4.77. The maximum Gasteiger partial charge on any atom is 0.230 e. The van der Waals surface area contributed by atoms with E-state index in [1.54, 1.807) is 12.1 Å². The number of ether oxygens (including phenoxy) is 1. The van der Waals surface area contributed by atoms with E-state index in [0.717, 1.165) is 17.1 Å². The number of nitrogens with one attached hydrogen (secondary N) is 1. The molecule has 1 N–H and O–H groups in total. The molecule has 0 aromatic heterocycles. The topological polar surface area (TPSA) is 41.6 Å². The summed E-state index contributed by atoms with van der Waals surface area (Å²) in [5, 5.41) is 2.90. The lowest BCUT2D eigenvalue weighted by molar-refractivity contribution is -0.118. The van der Waals surface area contributed by atoms with Gasteiger partial charge in [0.2, 0.25) is 5.91 Å². The number of amides is 1. The number of hydrogen-bond donors (Lipinski definition) is 1. The van der Waals surface area contributed by atoms with Crippen molar-refractivity contribution in [2.75, 3.05) is 37.4 Å². The Balaban J connectivity index is 1.63. The number of benzene rings is 2. The van der Waals surface area contributed by atoms with E-state index in [4.69, 9.17) is 4.74 Å². The Morgan fingerprint density at radius 1 is 1.19 bits per heavy atom. The summed E-state index contributed by atoms with van der Waals surface area (Å²) in [5.41, 5.74) is 0.574. The molecule has 4 nitrogen and oxygen atoms in total. The average Bonchev–Trinajstić information content (AvgIpc) is 2.65. The first-order valence-electron chi connectivity index (χ1n) is 8.68. The van der Waals surface area contributed by atoms with Crippen molar-refractivity contribution in [2.45, 2.75) is 18.2 Å². The van der Waals surface area contributed by atoms with E-state index in [0.29, 0.717) is 31.1 Å². The second kappa shape index (κ2) is 10.7. The quantitative estimate of drug-likeness (QED) is 0.503. The van der Waals surface area contributed by atoms with Gasteiger partial charge in [0.25, 0.3) is 0 Å². The van der Waals surface area contributed by atoms with Crippen molar-refractivity contribution in [3.05, 3.63) is 54.3 Å². The van der Waals surface area contributed by atoms with Crippen LogP contribution < -0.4 is 15.0 Å². The van der Waals surface area contributed by atoms with Crippen LogP contribution in [0.5, 0.6) is 5.75 Å². The van der Waals surface area contributed by atoms with Crippen LogP contribution in [0.3, 0.4) is 0 Å². The van der Waals surface area contributed by atoms with E-state index in [1.807, 2.05) is 49.2 Å². The van der Waals surface area contributed by atoms with Gasteiger partial charge in [0.05, 0.1) is 18.0 Å². The van der Waals surface area contributed by atoms with Crippen LogP contribution in [0.2, 0.25) is 0 Å². The molecular weight excluding hydrogens is 351 g/mol. The first-order chi connectivity index (χ1) is 12.6. The lowest BCUT2D eigenvalue weighted by Crippen LogP contribution is -2.29. The standard InChI is InChI=1S/C20H25FN2O2S/c1-3-25-16-9-11-17(12-10-16)26-15-20(24)22-13-6-14-23(2)19-8-5-4-7-18(19)21/h4-5,7-12H,3,6,13-15H2,1-2H3,(H,22,24). The van der Waals surface area contributed by atoms with Gasteiger partial charge >= 0.3 is 0 Å². The van der Waals surface area contributed by atoms with E-state index in [2.05, 4.69) is 5.32 Å². The molecule has 26 heavy (non-hydrogen) atoms. The fourth-order valence-corrected chi connectivity index (χ4v) is 3.15. The Bertz CT molecular complexity index is 694. The van der Waals surface area contributed by atoms with E-state index in [9.17, 15) is 9.18 Å². The van der Waals surface area contributed by atoms with Crippen LogP contribution in [0.15, 0.2) is 53.4 Å². The molecule has 0 aliphatic rings. The lowest BCUT2D eigenvalue weighted by Gasteiger charge is -2.19. The SMILES string of the molecule is CCOc1ccc(SCC(=O)NCCCN(C)c2ccccc2F)cc1. The van der Waals surface area contributed by atoms with Gasteiger partial charge in [0, 0.05) is 25.0 Å². The van der Waals surface area contributed by atoms with Crippen LogP contribution in [0.1, 0.15) is 13.3 Å². The molecule has 0 spiro atoms. The summed E-state index contributed by atoms with van der Waals surface area (Å²) in [4.78, 5) is 14.8. The molecule has 0 aliphatic heterocycles. The molecule has 0 unspecified atom stereocenters. The second-order valence-electron chi connectivity index (χ2n) is 5.77. The van der Waals surface area contributed by atoms with Gasteiger partial charge in [-0.05, 0) is 49.7 Å². The van der Waals surface area contributed by atoms with Crippen molar-refractivity contribution >= 4 is 23.4 Å². The van der Waals surface area contributed by atoms with Crippen molar-refractivity contribution in [1.29, 1.82) is 0 Å². The third kappa shape index (κ3) is 6.59. The number of carbonyl (C=O) groups is 1. The molecule has 2 aromatic carbocycles. The summed E-state index contributed by atoms with van der Waals surface area (Å²) in [6.07, 6.45) is 0.754. The molecule has 0 fully saturated rings. The number of anilines is 1. The Kier molecular flexibility index (Phi) is 8.28. The van der Waals surface area contributed by atoms with Crippen molar-refractivity contribution in [3.8, 4) is 5.75 Å². The van der Waals surface area contributed by atoms with Crippen LogP contribution in [0, 0.1) is 5.82 Å². The highest BCUT2D eigenvalue weighted by molar-refractivity contribution is 8.00. The highest BCUT2D eigenvalue weighted by atomic mass is 32.2. The minimum atomic E-state index is -0.231. The molecule has 0 heterocycles. The molecule has 6 heteroatoms. The summed E-state index contributed by atoms with van der Waals surface area (Å²) < 4.78 is 19.1. The minimum absolute atomic E-state index is 0.00238. The Morgan fingerprint density at radius 3 is 2.62 bits per heavy atom. The molecular formula is C20H25FN2O2S. The fraction of sp³-hybridized carbons (Fsp3) is 0.350. The molecule has 0 aliphatic carbocycles. The Morgan fingerprint density at radius 2 is 1.92 bits per heavy atom. The monoisotopic (exact) mass is 376 g/mol. The average molecular weight is 376 g/mol. The van der Waals surface area contributed by atoms with Crippen molar-refractivity contribution in [1.82, 2.24) is 5.32 Å². The smallest absolute Gasteiger partial charge is 0.230 e. The molecule has 0 radical (unpaired) electrons. The van der Waals surface area contributed by atoms with Gasteiger partial charge in [-0.25, -0.2) is 4.39 Å². The predicted molar refractivity (Wildman–Crippen MR) is 106 cm³/mol. The molecule has 140 valence electrons. The Hall–Kier alpha value is -2.21. The van der Waals surface area contributed by atoms with E-state index in [-0.39, 0.29) is 11.7 Å². The molecule has 2 aromatic rings.